The summed E-state index contributed by atoms with van der Waals surface area (Å²) in [5.74, 6) is -0.289. The molecule has 158 valence electrons. The molecule has 0 saturated carbocycles. The number of fused-ring (bicyclic) bond motifs is 3. The van der Waals surface area contributed by atoms with Crippen LogP contribution in [0.5, 0.6) is 17.2 Å². The van der Waals surface area contributed by atoms with E-state index in [9.17, 15) is 19.5 Å². The lowest BCUT2D eigenvalue weighted by atomic mass is 9.95. The number of methoxy groups -OCH3 is 3. The summed E-state index contributed by atoms with van der Waals surface area (Å²) in [6.07, 6.45) is 1.07. The fourth-order valence-electron chi connectivity index (χ4n) is 3.88. The van der Waals surface area contributed by atoms with Crippen LogP contribution in [-0.4, -0.2) is 38.3 Å². The Kier molecular flexibility index (Phi) is 5.96. The number of aryl methyl sites for hydroxylation is 1. The van der Waals surface area contributed by atoms with Gasteiger partial charge >= 0.3 is 5.97 Å². The highest BCUT2D eigenvalue weighted by Crippen LogP contribution is 2.50. The molecule has 1 unspecified atom stereocenters. The number of carboxylic acids is 1. The van der Waals surface area contributed by atoms with E-state index in [0.29, 0.717) is 46.8 Å². The maximum atomic E-state index is 12.6. The molecule has 2 N–H and O–H groups in total. The molecule has 0 spiro atoms. The second-order valence-electron chi connectivity index (χ2n) is 6.90. The molecule has 0 radical (unpaired) electrons. The maximum absolute atomic E-state index is 12.6. The van der Waals surface area contributed by atoms with Crippen LogP contribution in [0.1, 0.15) is 40.9 Å². The van der Waals surface area contributed by atoms with Crippen LogP contribution in [0, 0.1) is 0 Å². The predicted molar refractivity (Wildman–Crippen MR) is 110 cm³/mol. The SMILES string of the molecule is COc1cc2c(c(OC)c1OC)-c1ccc(C(=O)O)c(=O)cc1C(NC(C)=O)CC2. The maximum Gasteiger partial charge on any atom is 0.339 e. The van der Waals surface area contributed by atoms with Gasteiger partial charge in [-0.1, -0.05) is 6.07 Å². The van der Waals surface area contributed by atoms with E-state index in [-0.39, 0.29) is 11.5 Å². The largest absolute Gasteiger partial charge is 0.493 e. The zero-order valence-electron chi connectivity index (χ0n) is 17.2. The molecule has 8 nitrogen and oxygen atoms in total. The molecule has 8 heteroatoms. The van der Waals surface area contributed by atoms with Gasteiger partial charge in [0.2, 0.25) is 11.7 Å². The van der Waals surface area contributed by atoms with Crippen molar-refractivity contribution < 1.29 is 28.9 Å². The Balaban J connectivity index is 2.44. The quantitative estimate of drug-likeness (QED) is 0.775. The van der Waals surface area contributed by atoms with Crippen molar-refractivity contribution in [3.05, 3.63) is 51.2 Å². The van der Waals surface area contributed by atoms with Gasteiger partial charge in [0, 0.05) is 12.5 Å². The van der Waals surface area contributed by atoms with Crippen molar-refractivity contribution in [3.63, 3.8) is 0 Å². The molecular formula is C22H23NO7. The molecule has 2 aromatic carbocycles. The third-order valence-electron chi connectivity index (χ3n) is 5.15. The van der Waals surface area contributed by atoms with Crippen molar-refractivity contribution in [2.75, 3.05) is 21.3 Å². The first-order valence-corrected chi connectivity index (χ1v) is 9.33. The summed E-state index contributed by atoms with van der Waals surface area (Å²) in [6, 6.07) is 5.49. The number of benzene rings is 1. The first kappa shape index (κ1) is 21.2. The van der Waals surface area contributed by atoms with Crippen LogP contribution in [0.15, 0.2) is 29.1 Å². The van der Waals surface area contributed by atoms with Gasteiger partial charge in [-0.2, -0.15) is 0 Å². The van der Waals surface area contributed by atoms with Crippen molar-refractivity contribution in [2.45, 2.75) is 25.8 Å². The van der Waals surface area contributed by atoms with E-state index in [4.69, 9.17) is 14.2 Å². The van der Waals surface area contributed by atoms with Gasteiger partial charge in [-0.3, -0.25) is 9.59 Å². The van der Waals surface area contributed by atoms with Crippen molar-refractivity contribution in [2.24, 2.45) is 0 Å². The fourth-order valence-corrected chi connectivity index (χ4v) is 3.88. The zero-order chi connectivity index (χ0) is 22.0. The highest BCUT2D eigenvalue weighted by atomic mass is 16.5. The molecule has 0 bridgehead atoms. The molecule has 0 heterocycles. The summed E-state index contributed by atoms with van der Waals surface area (Å²) in [7, 11) is 4.52. The van der Waals surface area contributed by atoms with E-state index in [0.717, 1.165) is 5.56 Å². The molecule has 1 aliphatic rings. The number of aromatic carboxylic acids is 1. The lowest BCUT2D eigenvalue weighted by Crippen LogP contribution is -2.26. The first-order chi connectivity index (χ1) is 14.3. The normalized spacial score (nSPS) is 14.6. The number of carboxylic acid groups (broad SMARTS) is 1. The molecule has 0 fully saturated rings. The Bertz CT molecular complexity index is 1080. The van der Waals surface area contributed by atoms with Gasteiger partial charge in [0.1, 0.15) is 5.56 Å². The van der Waals surface area contributed by atoms with E-state index in [1.165, 1.54) is 40.4 Å². The summed E-state index contributed by atoms with van der Waals surface area (Å²) in [5.41, 5.74) is 1.65. The topological polar surface area (TPSA) is 111 Å². The smallest absolute Gasteiger partial charge is 0.339 e. The van der Waals surface area contributed by atoms with E-state index in [1.807, 2.05) is 6.07 Å². The standard InChI is InChI=1S/C22H23NO7/c1-11(24)23-16-8-5-12-9-18(28-2)20(29-3)21(30-4)19(12)13-6-7-14(22(26)27)17(25)10-15(13)16/h6-7,9-10,16H,5,8H2,1-4H3,(H,23,24)(H,26,27). The van der Waals surface area contributed by atoms with Gasteiger partial charge in [0.25, 0.3) is 0 Å². The minimum Gasteiger partial charge on any atom is -0.493 e. The Morgan fingerprint density at radius 1 is 1.07 bits per heavy atom. The molecule has 1 amide bonds. The van der Waals surface area contributed by atoms with Gasteiger partial charge in [-0.25, -0.2) is 4.79 Å². The van der Waals surface area contributed by atoms with Gasteiger partial charge in [0.15, 0.2) is 16.9 Å². The molecule has 2 aromatic rings. The van der Waals surface area contributed by atoms with Crippen LogP contribution in [-0.2, 0) is 11.2 Å². The summed E-state index contributed by atoms with van der Waals surface area (Å²) < 4.78 is 16.6. The fraction of sp³-hybridized carbons (Fsp3) is 0.318. The number of hydrogen-bond acceptors (Lipinski definition) is 6. The minimum atomic E-state index is -1.32. The molecule has 0 saturated heterocycles. The van der Waals surface area contributed by atoms with Gasteiger partial charge in [-0.15, -0.1) is 0 Å². The van der Waals surface area contributed by atoms with Gasteiger partial charge in [-0.05, 0) is 47.7 Å². The van der Waals surface area contributed by atoms with Gasteiger partial charge < -0.3 is 24.6 Å². The van der Waals surface area contributed by atoms with Crippen LogP contribution in [0.4, 0.5) is 0 Å². The number of nitrogens with one attached hydrogen (secondary N) is 1. The van der Waals surface area contributed by atoms with Crippen LogP contribution >= 0.6 is 0 Å². The Labute approximate surface area is 173 Å². The molecular weight excluding hydrogens is 390 g/mol. The first-order valence-electron chi connectivity index (χ1n) is 9.33. The molecule has 0 aliphatic heterocycles. The summed E-state index contributed by atoms with van der Waals surface area (Å²) >= 11 is 0. The third kappa shape index (κ3) is 3.68. The molecule has 0 aromatic heterocycles. The van der Waals surface area contributed by atoms with E-state index >= 15 is 0 Å². The highest BCUT2D eigenvalue weighted by Gasteiger charge is 2.29. The molecule has 1 aliphatic carbocycles. The lowest BCUT2D eigenvalue weighted by molar-refractivity contribution is -0.119. The number of rotatable bonds is 5. The average molecular weight is 413 g/mol. The highest BCUT2D eigenvalue weighted by molar-refractivity contribution is 5.89. The average Bonchev–Trinajstić information content (AvgIpc) is 2.95. The number of amides is 1. The second kappa shape index (κ2) is 8.44. The minimum absolute atomic E-state index is 0.253. The van der Waals surface area contributed by atoms with Crippen LogP contribution in [0.3, 0.4) is 0 Å². The molecule has 3 rings (SSSR count). The van der Waals surface area contributed by atoms with Crippen LogP contribution in [0.25, 0.3) is 11.1 Å². The second-order valence-corrected chi connectivity index (χ2v) is 6.90. The van der Waals surface area contributed by atoms with Crippen molar-refractivity contribution >= 4 is 11.9 Å². The van der Waals surface area contributed by atoms with Crippen molar-refractivity contribution in [1.82, 2.24) is 5.32 Å². The molecule has 30 heavy (non-hydrogen) atoms. The number of ether oxygens (including phenoxy) is 3. The summed E-state index contributed by atoms with van der Waals surface area (Å²) in [6.45, 7) is 1.40. The van der Waals surface area contributed by atoms with Crippen molar-refractivity contribution in [3.8, 4) is 28.4 Å². The summed E-state index contributed by atoms with van der Waals surface area (Å²) in [4.78, 5) is 35.9. The number of carbonyl (C=O) groups excluding carboxylic acids is 1. The van der Waals surface area contributed by atoms with E-state index in [1.54, 1.807) is 6.07 Å². The van der Waals surface area contributed by atoms with Crippen LogP contribution in [0.2, 0.25) is 0 Å². The van der Waals surface area contributed by atoms with E-state index in [2.05, 4.69) is 5.32 Å². The van der Waals surface area contributed by atoms with Crippen molar-refractivity contribution in [1.29, 1.82) is 0 Å². The molecule has 1 atom stereocenters. The number of carbonyl (C=O) groups is 2. The Hall–Kier alpha value is -3.55. The lowest BCUT2D eigenvalue weighted by Gasteiger charge is -2.19. The Morgan fingerprint density at radius 2 is 1.77 bits per heavy atom. The van der Waals surface area contributed by atoms with E-state index < -0.39 is 17.4 Å². The third-order valence-corrected chi connectivity index (χ3v) is 5.15. The van der Waals surface area contributed by atoms with Crippen LogP contribution < -0.4 is 25.0 Å². The van der Waals surface area contributed by atoms with Gasteiger partial charge in [0.05, 0.1) is 27.4 Å². The summed E-state index contributed by atoms with van der Waals surface area (Å²) in [5, 5.41) is 12.3. The zero-order valence-corrected chi connectivity index (χ0v) is 17.2. The Morgan fingerprint density at radius 3 is 2.33 bits per heavy atom. The predicted octanol–water partition coefficient (Wildman–Crippen LogP) is 2.56. The monoisotopic (exact) mass is 413 g/mol. The number of hydrogen-bond donors (Lipinski definition) is 2.